The van der Waals surface area contributed by atoms with E-state index in [1.165, 1.54) is 12.3 Å². The number of carbonyl (C=O) groups is 3. The highest BCUT2D eigenvalue weighted by Crippen LogP contribution is 2.16. The van der Waals surface area contributed by atoms with Crippen LogP contribution in [0.5, 0.6) is 0 Å². The number of hydrogen-bond acceptors (Lipinski definition) is 5. The minimum absolute atomic E-state index is 0.00959. The minimum Gasteiger partial charge on any atom is -0.477 e. The van der Waals surface area contributed by atoms with Crippen molar-refractivity contribution in [2.75, 3.05) is 32.7 Å². The number of aromatic nitrogens is 1. The molecule has 156 valence electrons. The number of aromatic carboxylic acids is 1. The van der Waals surface area contributed by atoms with E-state index in [0.717, 1.165) is 19.6 Å². The second-order valence-corrected chi connectivity index (χ2v) is 6.06. The second kappa shape index (κ2) is 9.24. The Labute approximate surface area is 163 Å². The van der Waals surface area contributed by atoms with Crippen molar-refractivity contribution in [1.82, 2.24) is 20.1 Å². The Balaban J connectivity index is 0.000000370. The molecule has 2 fully saturated rings. The molecule has 0 bridgehead atoms. The van der Waals surface area contributed by atoms with Gasteiger partial charge in [-0.2, -0.15) is 13.2 Å². The van der Waals surface area contributed by atoms with Crippen molar-refractivity contribution >= 4 is 18.0 Å². The topological polar surface area (TPSA) is 123 Å². The van der Waals surface area contributed by atoms with E-state index in [1.807, 2.05) is 4.90 Å². The van der Waals surface area contributed by atoms with E-state index < -0.39 is 18.1 Å². The van der Waals surface area contributed by atoms with Crippen molar-refractivity contribution < 1.29 is 37.8 Å². The van der Waals surface area contributed by atoms with E-state index in [2.05, 4.69) is 22.1 Å². The lowest BCUT2D eigenvalue weighted by Crippen LogP contribution is -2.49. The standard InChI is InChI=1S/C15H16N4O3.C2HF3O2/c20-14(21)13-4-3-11(8-17-13)2-1-6-18-10-12-9-16-5-7-19(12)15(18)22;3-2(4,5)1(6)7/h3-4,8,12,16H,5-7,9-10H2,(H,20,21);(H,6,7)/t12-;/m0./s1. The third-order valence-corrected chi connectivity index (χ3v) is 4.03. The summed E-state index contributed by atoms with van der Waals surface area (Å²) in [5, 5.41) is 19.2. The van der Waals surface area contributed by atoms with Gasteiger partial charge in [0.2, 0.25) is 0 Å². The molecule has 1 atom stereocenters. The first kappa shape index (κ1) is 22.0. The molecule has 1 aromatic rings. The summed E-state index contributed by atoms with van der Waals surface area (Å²) in [6, 6.07) is 3.31. The second-order valence-electron chi connectivity index (χ2n) is 6.06. The van der Waals surface area contributed by atoms with Crippen molar-refractivity contribution in [2.45, 2.75) is 12.2 Å². The number of rotatable bonds is 2. The maximum atomic E-state index is 12.2. The van der Waals surface area contributed by atoms with Gasteiger partial charge in [0.15, 0.2) is 0 Å². The number of amides is 2. The van der Waals surface area contributed by atoms with E-state index in [9.17, 15) is 22.8 Å². The number of aliphatic carboxylic acids is 1. The van der Waals surface area contributed by atoms with Crippen molar-refractivity contribution in [1.29, 1.82) is 0 Å². The van der Waals surface area contributed by atoms with Crippen molar-refractivity contribution in [3.8, 4) is 11.8 Å². The predicted molar refractivity (Wildman–Crippen MR) is 92.1 cm³/mol. The molecule has 0 spiro atoms. The van der Waals surface area contributed by atoms with Crippen LogP contribution in [-0.2, 0) is 4.79 Å². The maximum Gasteiger partial charge on any atom is 0.490 e. The SMILES string of the molecule is O=C(O)C(F)(F)F.O=C(O)c1ccc(C#CCN2C[C@@H]3CNCCN3C2=O)cn1. The van der Waals surface area contributed by atoms with Crippen LogP contribution in [0.4, 0.5) is 18.0 Å². The van der Waals surface area contributed by atoms with Crippen LogP contribution in [0.2, 0.25) is 0 Å². The van der Waals surface area contributed by atoms with Gasteiger partial charge in [-0.1, -0.05) is 11.8 Å². The molecular formula is C17H17F3N4O5. The van der Waals surface area contributed by atoms with Crippen LogP contribution in [0, 0.1) is 11.8 Å². The fraction of sp³-hybridized carbons (Fsp3) is 0.412. The van der Waals surface area contributed by atoms with Crippen molar-refractivity contribution in [2.24, 2.45) is 0 Å². The number of piperazine rings is 1. The average molecular weight is 414 g/mol. The number of fused-ring (bicyclic) bond motifs is 1. The molecule has 1 aromatic heterocycles. The monoisotopic (exact) mass is 414 g/mol. The van der Waals surface area contributed by atoms with Gasteiger partial charge in [-0.3, -0.25) is 0 Å². The first-order chi connectivity index (χ1) is 13.6. The van der Waals surface area contributed by atoms with E-state index in [4.69, 9.17) is 15.0 Å². The number of carboxylic acid groups (broad SMARTS) is 2. The van der Waals surface area contributed by atoms with Gasteiger partial charge < -0.3 is 25.3 Å². The molecule has 2 saturated heterocycles. The molecule has 0 unspecified atom stereocenters. The lowest BCUT2D eigenvalue weighted by molar-refractivity contribution is -0.192. The summed E-state index contributed by atoms with van der Waals surface area (Å²) >= 11 is 0. The van der Waals surface area contributed by atoms with Crippen molar-refractivity contribution in [3.05, 3.63) is 29.6 Å². The predicted octanol–water partition coefficient (Wildman–Crippen LogP) is 0.474. The van der Waals surface area contributed by atoms with Gasteiger partial charge in [0.25, 0.3) is 0 Å². The number of nitrogens with one attached hydrogen (secondary N) is 1. The van der Waals surface area contributed by atoms with E-state index >= 15 is 0 Å². The lowest BCUT2D eigenvalue weighted by atomic mass is 10.2. The molecular weight excluding hydrogens is 397 g/mol. The number of carboxylic acids is 2. The first-order valence-corrected chi connectivity index (χ1v) is 8.34. The molecule has 9 nitrogen and oxygen atoms in total. The van der Waals surface area contributed by atoms with Crippen LogP contribution in [0.3, 0.4) is 0 Å². The molecule has 0 radical (unpaired) electrons. The molecule has 3 heterocycles. The zero-order valence-electron chi connectivity index (χ0n) is 14.9. The Morgan fingerprint density at radius 3 is 2.52 bits per heavy atom. The Morgan fingerprint density at radius 2 is 2.00 bits per heavy atom. The highest BCUT2D eigenvalue weighted by molar-refractivity contribution is 5.85. The van der Waals surface area contributed by atoms with Gasteiger partial charge >= 0.3 is 24.1 Å². The smallest absolute Gasteiger partial charge is 0.477 e. The summed E-state index contributed by atoms with van der Waals surface area (Å²) in [5.74, 6) is 2.04. The van der Waals surface area contributed by atoms with Gasteiger partial charge in [-0.15, -0.1) is 0 Å². The number of pyridine rings is 1. The molecule has 12 heteroatoms. The summed E-state index contributed by atoms with van der Waals surface area (Å²) in [5.41, 5.74) is 0.626. The fourth-order valence-corrected chi connectivity index (χ4v) is 2.65. The van der Waals surface area contributed by atoms with Gasteiger partial charge in [0.1, 0.15) is 5.69 Å². The summed E-state index contributed by atoms with van der Waals surface area (Å²) in [6.07, 6.45) is -3.66. The third-order valence-electron chi connectivity index (χ3n) is 4.03. The van der Waals surface area contributed by atoms with E-state index in [-0.39, 0.29) is 17.8 Å². The van der Waals surface area contributed by atoms with E-state index in [0.29, 0.717) is 18.7 Å². The molecule has 0 aromatic carbocycles. The highest BCUT2D eigenvalue weighted by Gasteiger charge is 2.38. The molecule has 2 amide bonds. The van der Waals surface area contributed by atoms with Crippen molar-refractivity contribution in [3.63, 3.8) is 0 Å². The average Bonchev–Trinajstić information content (AvgIpc) is 2.98. The van der Waals surface area contributed by atoms with Crippen LogP contribution < -0.4 is 5.32 Å². The summed E-state index contributed by atoms with van der Waals surface area (Å²) in [6.45, 7) is 3.47. The molecule has 2 aliphatic rings. The summed E-state index contributed by atoms with van der Waals surface area (Å²) in [7, 11) is 0. The quantitative estimate of drug-likeness (QED) is 0.602. The molecule has 3 rings (SSSR count). The van der Waals surface area contributed by atoms with E-state index in [1.54, 1.807) is 11.0 Å². The largest absolute Gasteiger partial charge is 0.490 e. The number of nitrogens with zero attached hydrogens (tertiary/aromatic N) is 3. The number of hydrogen-bond donors (Lipinski definition) is 3. The van der Waals surface area contributed by atoms with Crippen LogP contribution >= 0.6 is 0 Å². The molecule has 3 N–H and O–H groups in total. The number of alkyl halides is 3. The minimum atomic E-state index is -5.08. The first-order valence-electron chi connectivity index (χ1n) is 8.34. The van der Waals surface area contributed by atoms with Gasteiger partial charge in [0, 0.05) is 37.9 Å². The third kappa shape index (κ3) is 6.08. The van der Waals surface area contributed by atoms with Gasteiger partial charge in [-0.25, -0.2) is 19.4 Å². The fourth-order valence-electron chi connectivity index (χ4n) is 2.65. The number of urea groups is 1. The Kier molecular flexibility index (Phi) is 7.00. The molecule has 0 aliphatic carbocycles. The van der Waals surface area contributed by atoms with Crippen LogP contribution in [-0.4, -0.2) is 87.9 Å². The number of halogens is 3. The van der Waals surface area contributed by atoms with Crippen LogP contribution in [0.1, 0.15) is 16.1 Å². The maximum absolute atomic E-state index is 12.2. The summed E-state index contributed by atoms with van der Waals surface area (Å²) in [4.78, 5) is 39.2. The zero-order chi connectivity index (χ0) is 21.6. The Morgan fingerprint density at radius 1 is 1.31 bits per heavy atom. The zero-order valence-corrected chi connectivity index (χ0v) is 14.9. The lowest BCUT2D eigenvalue weighted by Gasteiger charge is -2.28. The Bertz CT molecular complexity index is 832. The number of carbonyl (C=O) groups excluding carboxylic acids is 1. The molecule has 0 saturated carbocycles. The normalized spacial score (nSPS) is 18.2. The summed E-state index contributed by atoms with van der Waals surface area (Å²) < 4.78 is 31.7. The van der Waals surface area contributed by atoms with Gasteiger partial charge in [-0.05, 0) is 12.1 Å². The highest BCUT2D eigenvalue weighted by atomic mass is 19.4. The Hall–Kier alpha value is -3.33. The van der Waals surface area contributed by atoms with Gasteiger partial charge in [0.05, 0.1) is 12.6 Å². The van der Waals surface area contributed by atoms with Crippen LogP contribution in [0.25, 0.3) is 0 Å². The molecule has 2 aliphatic heterocycles. The molecule has 29 heavy (non-hydrogen) atoms. The van der Waals surface area contributed by atoms with Crippen LogP contribution in [0.15, 0.2) is 18.3 Å².